The first kappa shape index (κ1) is 10.0. The summed E-state index contributed by atoms with van der Waals surface area (Å²) >= 11 is 0. The number of rotatable bonds is 3. The highest BCUT2D eigenvalue weighted by atomic mass is 16.4. The third kappa shape index (κ3) is 3.05. The molecule has 1 aliphatic carbocycles. The van der Waals surface area contributed by atoms with Crippen LogP contribution in [-0.2, 0) is 4.79 Å². The van der Waals surface area contributed by atoms with Gasteiger partial charge in [0.25, 0.3) is 0 Å². The van der Waals surface area contributed by atoms with Crippen LogP contribution >= 0.6 is 0 Å². The molecule has 0 bridgehead atoms. The Bertz CT molecular complexity index is 259. The normalized spacial score (nSPS) is 16.8. The quantitative estimate of drug-likeness (QED) is 0.725. The summed E-state index contributed by atoms with van der Waals surface area (Å²) in [5.41, 5.74) is 1.91. The molecule has 0 aromatic carbocycles. The van der Waals surface area contributed by atoms with E-state index in [-0.39, 0.29) is 0 Å². The molecule has 0 saturated carbocycles. The molecule has 1 N–H and O–H groups in total. The van der Waals surface area contributed by atoms with Crippen LogP contribution in [0.1, 0.15) is 33.1 Å². The van der Waals surface area contributed by atoms with Crippen LogP contribution in [-0.4, -0.2) is 11.1 Å². The molecule has 0 atom stereocenters. The molecule has 13 heavy (non-hydrogen) atoms. The van der Waals surface area contributed by atoms with Crippen LogP contribution in [0, 0.1) is 5.92 Å². The molecule has 0 aliphatic heterocycles. The number of carbonyl (C=O) groups is 1. The van der Waals surface area contributed by atoms with E-state index in [9.17, 15) is 4.79 Å². The summed E-state index contributed by atoms with van der Waals surface area (Å²) in [5, 5.41) is 8.71. The van der Waals surface area contributed by atoms with Gasteiger partial charge in [0.2, 0.25) is 0 Å². The minimum absolute atomic E-state index is 0.535. The van der Waals surface area contributed by atoms with Gasteiger partial charge in [-0.25, -0.2) is 4.79 Å². The standard InChI is InChI=1S/C11H16O2/c1-8(2)7-9-3-5-10(6-4-9)11(12)13/h3,5,8H,4,6-7H2,1-2H3,(H,12,13). The lowest BCUT2D eigenvalue weighted by molar-refractivity contribution is -0.132. The van der Waals surface area contributed by atoms with Crippen molar-refractivity contribution in [3.8, 4) is 0 Å². The van der Waals surface area contributed by atoms with E-state index in [2.05, 4.69) is 13.8 Å². The van der Waals surface area contributed by atoms with Gasteiger partial charge in [0.15, 0.2) is 0 Å². The van der Waals surface area contributed by atoms with Crippen LogP contribution in [0.15, 0.2) is 23.3 Å². The molecule has 0 fully saturated rings. The van der Waals surface area contributed by atoms with E-state index in [0.29, 0.717) is 17.9 Å². The third-order valence-corrected chi connectivity index (χ3v) is 2.18. The van der Waals surface area contributed by atoms with Crippen LogP contribution in [0.4, 0.5) is 0 Å². The lowest BCUT2D eigenvalue weighted by Crippen LogP contribution is -2.05. The number of aliphatic carboxylic acids is 1. The van der Waals surface area contributed by atoms with E-state index >= 15 is 0 Å². The van der Waals surface area contributed by atoms with E-state index in [1.807, 2.05) is 6.08 Å². The lowest BCUT2D eigenvalue weighted by atomic mass is 9.92. The zero-order valence-electron chi connectivity index (χ0n) is 8.21. The SMILES string of the molecule is CC(C)CC1=CC=C(C(=O)O)CC1. The second-order valence-corrected chi connectivity index (χ2v) is 3.92. The predicted molar refractivity (Wildman–Crippen MR) is 52.5 cm³/mol. The maximum atomic E-state index is 10.6. The van der Waals surface area contributed by atoms with Gasteiger partial charge in [-0.15, -0.1) is 0 Å². The molecule has 72 valence electrons. The summed E-state index contributed by atoms with van der Waals surface area (Å²) in [5.74, 6) is -0.120. The molecule has 0 saturated heterocycles. The van der Waals surface area contributed by atoms with Crippen LogP contribution in [0.3, 0.4) is 0 Å². The maximum absolute atomic E-state index is 10.6. The van der Waals surface area contributed by atoms with E-state index < -0.39 is 5.97 Å². The fourth-order valence-corrected chi connectivity index (χ4v) is 1.55. The molecule has 0 amide bonds. The summed E-state index contributed by atoms with van der Waals surface area (Å²) < 4.78 is 0. The van der Waals surface area contributed by atoms with E-state index in [1.165, 1.54) is 5.57 Å². The molecule has 0 spiro atoms. The highest BCUT2D eigenvalue weighted by molar-refractivity contribution is 5.87. The molecule has 0 aromatic heterocycles. The average Bonchev–Trinajstić information content (AvgIpc) is 2.04. The molecule has 1 rings (SSSR count). The molecular formula is C11H16O2. The van der Waals surface area contributed by atoms with Crippen LogP contribution in [0.2, 0.25) is 0 Å². The van der Waals surface area contributed by atoms with Gasteiger partial charge < -0.3 is 5.11 Å². The minimum Gasteiger partial charge on any atom is -0.478 e. The highest BCUT2D eigenvalue weighted by Gasteiger charge is 2.12. The monoisotopic (exact) mass is 180 g/mol. The fraction of sp³-hybridized carbons (Fsp3) is 0.545. The smallest absolute Gasteiger partial charge is 0.331 e. The first-order valence-electron chi connectivity index (χ1n) is 4.71. The van der Waals surface area contributed by atoms with Crippen molar-refractivity contribution < 1.29 is 9.90 Å². The Labute approximate surface area is 79.0 Å². The summed E-state index contributed by atoms with van der Waals surface area (Å²) in [6, 6.07) is 0. The Morgan fingerprint density at radius 3 is 2.54 bits per heavy atom. The number of hydrogen-bond donors (Lipinski definition) is 1. The van der Waals surface area contributed by atoms with Gasteiger partial charge in [-0.3, -0.25) is 0 Å². The second kappa shape index (κ2) is 4.26. The van der Waals surface area contributed by atoms with Gasteiger partial charge in [0, 0.05) is 5.57 Å². The molecule has 2 heteroatoms. The van der Waals surface area contributed by atoms with E-state index in [4.69, 9.17) is 5.11 Å². The topological polar surface area (TPSA) is 37.3 Å². The van der Waals surface area contributed by atoms with Crippen molar-refractivity contribution in [1.29, 1.82) is 0 Å². The van der Waals surface area contributed by atoms with E-state index in [0.717, 1.165) is 12.8 Å². The van der Waals surface area contributed by atoms with Crippen LogP contribution in [0.5, 0.6) is 0 Å². The fourth-order valence-electron chi connectivity index (χ4n) is 1.55. The van der Waals surface area contributed by atoms with Crippen molar-refractivity contribution in [3.63, 3.8) is 0 Å². The Balaban J connectivity index is 2.60. The molecule has 2 nitrogen and oxygen atoms in total. The molecule has 0 radical (unpaired) electrons. The Morgan fingerprint density at radius 2 is 2.15 bits per heavy atom. The van der Waals surface area contributed by atoms with Crippen molar-refractivity contribution in [2.75, 3.05) is 0 Å². The van der Waals surface area contributed by atoms with Gasteiger partial charge in [-0.2, -0.15) is 0 Å². The summed E-state index contributed by atoms with van der Waals surface area (Å²) in [6.45, 7) is 4.36. The summed E-state index contributed by atoms with van der Waals surface area (Å²) in [4.78, 5) is 10.6. The second-order valence-electron chi connectivity index (χ2n) is 3.92. The van der Waals surface area contributed by atoms with Gasteiger partial charge in [0.1, 0.15) is 0 Å². The Morgan fingerprint density at radius 1 is 1.46 bits per heavy atom. The van der Waals surface area contributed by atoms with Gasteiger partial charge in [-0.05, 0) is 25.2 Å². The number of carboxylic acids is 1. The summed E-state index contributed by atoms with van der Waals surface area (Å²) in [6.07, 6.45) is 6.39. The largest absolute Gasteiger partial charge is 0.478 e. The molecule has 0 unspecified atom stereocenters. The molecule has 1 aliphatic rings. The first-order chi connectivity index (χ1) is 6.09. The molecule has 0 aromatic rings. The number of hydrogen-bond acceptors (Lipinski definition) is 1. The van der Waals surface area contributed by atoms with Crippen molar-refractivity contribution in [2.24, 2.45) is 5.92 Å². The van der Waals surface area contributed by atoms with E-state index in [1.54, 1.807) is 6.08 Å². The lowest BCUT2D eigenvalue weighted by Gasteiger charge is -2.13. The van der Waals surface area contributed by atoms with Crippen molar-refractivity contribution in [3.05, 3.63) is 23.3 Å². The highest BCUT2D eigenvalue weighted by Crippen LogP contribution is 2.23. The van der Waals surface area contributed by atoms with Gasteiger partial charge in [0.05, 0.1) is 0 Å². The van der Waals surface area contributed by atoms with Crippen molar-refractivity contribution >= 4 is 5.97 Å². The summed E-state index contributed by atoms with van der Waals surface area (Å²) in [7, 11) is 0. The zero-order valence-corrected chi connectivity index (χ0v) is 8.21. The first-order valence-corrected chi connectivity index (χ1v) is 4.71. The van der Waals surface area contributed by atoms with Gasteiger partial charge in [-0.1, -0.05) is 31.6 Å². The maximum Gasteiger partial charge on any atom is 0.331 e. The molecular weight excluding hydrogens is 164 g/mol. The van der Waals surface area contributed by atoms with Crippen molar-refractivity contribution in [1.82, 2.24) is 0 Å². The zero-order chi connectivity index (χ0) is 9.84. The minimum atomic E-state index is -0.778. The Hall–Kier alpha value is -1.05. The average molecular weight is 180 g/mol. The van der Waals surface area contributed by atoms with Gasteiger partial charge >= 0.3 is 5.97 Å². The third-order valence-electron chi connectivity index (χ3n) is 2.18. The van der Waals surface area contributed by atoms with Crippen LogP contribution in [0.25, 0.3) is 0 Å². The Kier molecular flexibility index (Phi) is 3.29. The van der Waals surface area contributed by atoms with Crippen LogP contribution < -0.4 is 0 Å². The van der Waals surface area contributed by atoms with Crippen molar-refractivity contribution in [2.45, 2.75) is 33.1 Å². The molecule has 0 heterocycles. The number of carboxylic acid groups (broad SMARTS) is 1. The number of allylic oxidation sites excluding steroid dienone is 3. The predicted octanol–water partition coefficient (Wildman–Crippen LogP) is 2.76.